The van der Waals surface area contributed by atoms with Gasteiger partial charge >= 0.3 is 0 Å². The van der Waals surface area contributed by atoms with Gasteiger partial charge in [-0.2, -0.15) is 4.58 Å². The van der Waals surface area contributed by atoms with Crippen molar-refractivity contribution < 1.29 is 9.31 Å². The molecule has 148 valence electrons. The number of ether oxygens (including phenoxy) is 1. The van der Waals surface area contributed by atoms with Crippen LogP contribution in [0.3, 0.4) is 0 Å². The van der Waals surface area contributed by atoms with Gasteiger partial charge in [0.1, 0.15) is 5.75 Å². The van der Waals surface area contributed by atoms with Crippen LogP contribution in [0.4, 0.5) is 5.69 Å². The Kier molecular flexibility index (Phi) is 5.04. The molecule has 29 heavy (non-hydrogen) atoms. The van der Waals surface area contributed by atoms with E-state index >= 15 is 0 Å². The highest BCUT2D eigenvalue weighted by molar-refractivity contribution is 5.85. The molecule has 0 amide bonds. The Labute approximate surface area is 174 Å². The van der Waals surface area contributed by atoms with Crippen molar-refractivity contribution in [2.24, 2.45) is 0 Å². The molecule has 0 aromatic heterocycles. The lowest BCUT2D eigenvalue weighted by Gasteiger charge is -2.30. The number of rotatable bonds is 4. The standard InChI is InChI=1S/C27H30NO/c1-19(2)22-13-9-10-14-25(22)28-17-23-20(3)15-16-24(26(23)29-18-28)27(4,5)21-11-7-6-8-12-21/h6-17,19H,18H2,1-5H3/q+1. The lowest BCUT2D eigenvalue weighted by atomic mass is 9.76. The molecule has 2 nitrogen and oxygen atoms in total. The summed E-state index contributed by atoms with van der Waals surface area (Å²) in [5.41, 5.74) is 7.37. The van der Waals surface area contributed by atoms with E-state index in [4.69, 9.17) is 4.74 Å². The van der Waals surface area contributed by atoms with Crippen LogP contribution < -0.4 is 4.74 Å². The van der Waals surface area contributed by atoms with E-state index < -0.39 is 0 Å². The van der Waals surface area contributed by atoms with E-state index in [2.05, 4.69) is 112 Å². The second-order valence-corrected chi connectivity index (χ2v) is 8.75. The lowest BCUT2D eigenvalue weighted by Crippen LogP contribution is -2.27. The number of benzene rings is 3. The fourth-order valence-corrected chi connectivity index (χ4v) is 4.22. The molecule has 0 unspecified atom stereocenters. The second-order valence-electron chi connectivity index (χ2n) is 8.75. The van der Waals surface area contributed by atoms with Crippen LogP contribution in [0.15, 0.2) is 66.7 Å². The minimum absolute atomic E-state index is 0.134. The Bertz CT molecular complexity index is 1060. The molecule has 2 heteroatoms. The Balaban J connectivity index is 1.84. The van der Waals surface area contributed by atoms with Crippen LogP contribution in [0.2, 0.25) is 0 Å². The maximum Gasteiger partial charge on any atom is 0.292 e. The van der Waals surface area contributed by atoms with Crippen molar-refractivity contribution >= 4 is 11.9 Å². The molecule has 0 bridgehead atoms. The van der Waals surface area contributed by atoms with Crippen LogP contribution in [0.1, 0.15) is 61.4 Å². The first kappa shape index (κ1) is 19.4. The minimum Gasteiger partial charge on any atom is -0.435 e. The molecule has 0 saturated carbocycles. The molecule has 3 aromatic carbocycles. The molecule has 4 rings (SSSR count). The molecule has 0 aliphatic carbocycles. The SMILES string of the molecule is Cc1ccc(C(C)(C)c2ccccc2)c2c1C=[N+](c1ccccc1C(C)C)CO2. The van der Waals surface area contributed by atoms with Gasteiger partial charge in [-0.25, -0.2) is 0 Å². The van der Waals surface area contributed by atoms with E-state index in [9.17, 15) is 0 Å². The number of aryl methyl sites for hydroxylation is 1. The van der Waals surface area contributed by atoms with Gasteiger partial charge in [0.05, 0.1) is 5.56 Å². The molecular weight excluding hydrogens is 354 g/mol. The summed E-state index contributed by atoms with van der Waals surface area (Å²) in [6.45, 7) is 11.7. The van der Waals surface area contributed by atoms with Gasteiger partial charge in [-0.1, -0.05) is 88.4 Å². The number of nitrogens with zero attached hydrogens (tertiary/aromatic N) is 1. The van der Waals surface area contributed by atoms with Crippen LogP contribution in [0.5, 0.6) is 5.75 Å². The molecule has 0 atom stereocenters. The van der Waals surface area contributed by atoms with E-state index in [-0.39, 0.29) is 5.41 Å². The van der Waals surface area contributed by atoms with Crippen LogP contribution in [0, 0.1) is 6.92 Å². The molecule has 0 fully saturated rings. The maximum absolute atomic E-state index is 6.44. The molecule has 0 spiro atoms. The summed E-state index contributed by atoms with van der Waals surface area (Å²) in [6.07, 6.45) is 2.26. The molecule has 1 aliphatic rings. The smallest absolute Gasteiger partial charge is 0.292 e. The number of hydrogen-bond donors (Lipinski definition) is 0. The monoisotopic (exact) mass is 384 g/mol. The number of fused-ring (bicyclic) bond motifs is 1. The number of para-hydroxylation sites is 1. The normalized spacial score (nSPS) is 13.7. The zero-order valence-corrected chi connectivity index (χ0v) is 18.1. The van der Waals surface area contributed by atoms with Gasteiger partial charge in [-0.05, 0) is 24.0 Å². The summed E-state index contributed by atoms with van der Waals surface area (Å²) < 4.78 is 8.68. The predicted molar refractivity (Wildman–Crippen MR) is 121 cm³/mol. The third-order valence-corrected chi connectivity index (χ3v) is 6.08. The summed E-state index contributed by atoms with van der Waals surface area (Å²) in [5.74, 6) is 1.47. The molecule has 1 heterocycles. The molecule has 3 aromatic rings. The van der Waals surface area contributed by atoms with Crippen molar-refractivity contribution in [3.63, 3.8) is 0 Å². The molecule has 1 aliphatic heterocycles. The Morgan fingerprint density at radius 1 is 0.897 bits per heavy atom. The summed E-state index contributed by atoms with van der Waals surface area (Å²) in [4.78, 5) is 0. The molecule has 0 radical (unpaired) electrons. The Hall–Kier alpha value is -2.87. The zero-order valence-electron chi connectivity index (χ0n) is 18.1. The minimum atomic E-state index is -0.134. The van der Waals surface area contributed by atoms with Crippen molar-refractivity contribution in [3.05, 3.63) is 94.5 Å². The summed E-state index contributed by atoms with van der Waals surface area (Å²) in [7, 11) is 0. The average Bonchev–Trinajstić information content (AvgIpc) is 2.74. The van der Waals surface area contributed by atoms with Crippen LogP contribution in [-0.4, -0.2) is 17.5 Å². The molecular formula is C27H30NO+. The summed E-state index contributed by atoms with van der Waals surface area (Å²) in [6, 6.07) is 23.7. The van der Waals surface area contributed by atoms with Gasteiger partial charge in [-0.3, -0.25) is 0 Å². The number of hydrogen-bond acceptors (Lipinski definition) is 1. The topological polar surface area (TPSA) is 12.2 Å². The van der Waals surface area contributed by atoms with Crippen molar-refractivity contribution in [3.8, 4) is 5.75 Å². The van der Waals surface area contributed by atoms with Gasteiger partial charge in [0.25, 0.3) is 6.73 Å². The van der Waals surface area contributed by atoms with E-state index in [0.717, 1.165) is 5.75 Å². The first-order valence-corrected chi connectivity index (χ1v) is 10.4. The quantitative estimate of drug-likeness (QED) is 0.464. The van der Waals surface area contributed by atoms with Crippen LogP contribution >= 0.6 is 0 Å². The largest absolute Gasteiger partial charge is 0.435 e. The van der Waals surface area contributed by atoms with E-state index in [1.54, 1.807) is 0 Å². The zero-order chi connectivity index (χ0) is 20.6. The Morgan fingerprint density at radius 3 is 2.31 bits per heavy atom. The fourth-order valence-electron chi connectivity index (χ4n) is 4.22. The Morgan fingerprint density at radius 2 is 1.59 bits per heavy atom. The van der Waals surface area contributed by atoms with Gasteiger partial charge in [0.15, 0.2) is 6.21 Å². The van der Waals surface area contributed by atoms with Crippen molar-refractivity contribution in [1.82, 2.24) is 0 Å². The van der Waals surface area contributed by atoms with E-state index in [1.165, 1.54) is 33.5 Å². The maximum atomic E-state index is 6.44. The predicted octanol–water partition coefficient (Wildman–Crippen LogP) is 6.56. The van der Waals surface area contributed by atoms with Crippen molar-refractivity contribution in [2.75, 3.05) is 6.73 Å². The van der Waals surface area contributed by atoms with E-state index in [0.29, 0.717) is 12.6 Å². The summed E-state index contributed by atoms with van der Waals surface area (Å²) >= 11 is 0. The third-order valence-electron chi connectivity index (χ3n) is 6.08. The van der Waals surface area contributed by atoms with Crippen LogP contribution in [0.25, 0.3) is 0 Å². The van der Waals surface area contributed by atoms with Gasteiger partial charge in [-0.15, -0.1) is 0 Å². The van der Waals surface area contributed by atoms with Crippen molar-refractivity contribution in [1.29, 1.82) is 0 Å². The molecule has 0 N–H and O–H groups in total. The fraction of sp³-hybridized carbons (Fsp3) is 0.296. The van der Waals surface area contributed by atoms with Gasteiger partial charge in [0.2, 0.25) is 5.69 Å². The first-order valence-electron chi connectivity index (χ1n) is 10.4. The average molecular weight is 385 g/mol. The first-order chi connectivity index (χ1) is 13.9. The second kappa shape index (κ2) is 7.51. The third kappa shape index (κ3) is 3.48. The summed E-state index contributed by atoms with van der Waals surface area (Å²) in [5, 5.41) is 0. The lowest BCUT2D eigenvalue weighted by molar-refractivity contribution is -0.476. The van der Waals surface area contributed by atoms with Crippen LogP contribution in [-0.2, 0) is 5.41 Å². The highest BCUT2D eigenvalue weighted by Gasteiger charge is 2.32. The van der Waals surface area contributed by atoms with E-state index in [1.807, 2.05) is 0 Å². The highest BCUT2D eigenvalue weighted by atomic mass is 16.5. The molecule has 0 saturated heterocycles. The van der Waals surface area contributed by atoms with Gasteiger partial charge < -0.3 is 4.74 Å². The highest BCUT2D eigenvalue weighted by Crippen LogP contribution is 2.41. The van der Waals surface area contributed by atoms with Crippen molar-refractivity contribution in [2.45, 2.75) is 46.0 Å². The van der Waals surface area contributed by atoms with Gasteiger partial charge in [0, 0.05) is 22.6 Å².